The highest BCUT2D eigenvalue weighted by Gasteiger charge is 2.24. The van der Waals surface area contributed by atoms with E-state index in [1.807, 2.05) is 20.8 Å². The van der Waals surface area contributed by atoms with E-state index in [0.717, 1.165) is 13.1 Å². The maximum atomic E-state index is 13.8. The Morgan fingerprint density at radius 3 is 2.67 bits per heavy atom. The van der Waals surface area contributed by atoms with Crippen LogP contribution in [0.1, 0.15) is 26.3 Å². The lowest BCUT2D eigenvalue weighted by molar-refractivity contribution is 0.451. The van der Waals surface area contributed by atoms with Crippen molar-refractivity contribution in [3.8, 4) is 0 Å². The summed E-state index contributed by atoms with van der Waals surface area (Å²) in [7, 11) is 0. The zero-order chi connectivity index (χ0) is 11.5. The van der Waals surface area contributed by atoms with E-state index in [1.54, 1.807) is 18.2 Å². The van der Waals surface area contributed by atoms with Gasteiger partial charge in [0.1, 0.15) is 5.82 Å². The summed E-state index contributed by atoms with van der Waals surface area (Å²) in [4.78, 5) is 0. The molecule has 0 atom stereocenters. The van der Waals surface area contributed by atoms with Crippen molar-refractivity contribution >= 4 is 11.6 Å². The molecule has 0 spiro atoms. The molecule has 0 aliphatic carbocycles. The highest BCUT2D eigenvalue weighted by Crippen LogP contribution is 2.28. The zero-order valence-corrected chi connectivity index (χ0v) is 10.2. The van der Waals surface area contributed by atoms with Crippen LogP contribution < -0.4 is 5.32 Å². The highest BCUT2D eigenvalue weighted by molar-refractivity contribution is 6.30. The molecule has 0 unspecified atom stereocenters. The molecule has 1 N–H and O–H groups in total. The number of hydrogen-bond donors (Lipinski definition) is 1. The summed E-state index contributed by atoms with van der Waals surface area (Å²) in [6.07, 6.45) is 0. The molecule has 1 nitrogen and oxygen atoms in total. The van der Waals surface area contributed by atoms with Gasteiger partial charge in [-0.25, -0.2) is 4.39 Å². The molecule has 3 heteroatoms. The summed E-state index contributed by atoms with van der Waals surface area (Å²) in [6.45, 7) is 7.66. The van der Waals surface area contributed by atoms with Crippen molar-refractivity contribution < 1.29 is 4.39 Å². The molecule has 15 heavy (non-hydrogen) atoms. The van der Waals surface area contributed by atoms with Crippen LogP contribution in [-0.2, 0) is 5.41 Å². The fraction of sp³-hybridized carbons (Fsp3) is 0.500. The van der Waals surface area contributed by atoms with Crippen molar-refractivity contribution in [3.05, 3.63) is 34.6 Å². The molecule has 1 aromatic carbocycles. The van der Waals surface area contributed by atoms with E-state index in [0.29, 0.717) is 5.56 Å². The van der Waals surface area contributed by atoms with E-state index < -0.39 is 0 Å². The first-order valence-electron chi connectivity index (χ1n) is 5.14. The molecule has 0 saturated heterocycles. The van der Waals surface area contributed by atoms with Gasteiger partial charge < -0.3 is 5.32 Å². The molecule has 0 saturated carbocycles. The molecule has 0 heterocycles. The van der Waals surface area contributed by atoms with Crippen LogP contribution in [0.15, 0.2) is 18.2 Å². The lowest BCUT2D eigenvalue weighted by Gasteiger charge is -2.26. The van der Waals surface area contributed by atoms with Gasteiger partial charge in [-0.1, -0.05) is 44.5 Å². The van der Waals surface area contributed by atoms with Crippen molar-refractivity contribution in [2.24, 2.45) is 0 Å². The minimum Gasteiger partial charge on any atom is -0.316 e. The SMILES string of the molecule is CCNCC(C)(C)c1cccc(Cl)c1F. The van der Waals surface area contributed by atoms with Crippen LogP contribution in [0, 0.1) is 5.82 Å². The minimum absolute atomic E-state index is 0.192. The molecule has 0 fully saturated rings. The molecule has 0 amide bonds. The summed E-state index contributed by atoms with van der Waals surface area (Å²) >= 11 is 5.76. The fourth-order valence-corrected chi connectivity index (χ4v) is 1.73. The second-order valence-electron chi connectivity index (χ2n) is 4.27. The predicted molar refractivity (Wildman–Crippen MR) is 63.0 cm³/mol. The Balaban J connectivity index is 2.98. The van der Waals surface area contributed by atoms with Crippen molar-refractivity contribution in [1.29, 1.82) is 0 Å². The fourth-order valence-electron chi connectivity index (χ4n) is 1.56. The number of halogens is 2. The molecule has 1 aromatic rings. The molecule has 0 bridgehead atoms. The number of nitrogens with one attached hydrogen (secondary N) is 1. The normalized spacial score (nSPS) is 11.8. The summed E-state index contributed by atoms with van der Waals surface area (Å²) in [6, 6.07) is 5.15. The summed E-state index contributed by atoms with van der Waals surface area (Å²) in [5.41, 5.74) is 0.418. The number of likely N-dealkylation sites (N-methyl/N-ethyl adjacent to an activating group) is 1. The van der Waals surface area contributed by atoms with Crippen LogP contribution in [0.3, 0.4) is 0 Å². The molecule has 0 aliphatic heterocycles. The number of rotatable bonds is 4. The second-order valence-corrected chi connectivity index (χ2v) is 4.67. The Labute approximate surface area is 95.6 Å². The quantitative estimate of drug-likeness (QED) is 0.835. The van der Waals surface area contributed by atoms with Crippen LogP contribution >= 0.6 is 11.6 Å². The topological polar surface area (TPSA) is 12.0 Å². The standard InChI is InChI=1S/C12H17ClFN/c1-4-15-8-12(2,3)9-6-5-7-10(13)11(9)14/h5-7,15H,4,8H2,1-3H3. The summed E-state index contributed by atoms with van der Waals surface area (Å²) in [5, 5.41) is 3.42. The van der Waals surface area contributed by atoms with Gasteiger partial charge in [0.25, 0.3) is 0 Å². The van der Waals surface area contributed by atoms with Gasteiger partial charge >= 0.3 is 0 Å². The lowest BCUT2D eigenvalue weighted by atomic mass is 9.84. The molecular formula is C12H17ClFN. The molecule has 0 radical (unpaired) electrons. The second kappa shape index (κ2) is 4.95. The van der Waals surface area contributed by atoms with Gasteiger partial charge in [0, 0.05) is 12.0 Å². The van der Waals surface area contributed by atoms with E-state index in [1.165, 1.54) is 0 Å². The smallest absolute Gasteiger partial charge is 0.145 e. The van der Waals surface area contributed by atoms with Crippen molar-refractivity contribution in [2.45, 2.75) is 26.2 Å². The van der Waals surface area contributed by atoms with E-state index in [9.17, 15) is 4.39 Å². The van der Waals surface area contributed by atoms with Gasteiger partial charge in [0.05, 0.1) is 5.02 Å². The molecule has 1 rings (SSSR count). The maximum absolute atomic E-state index is 13.8. The van der Waals surface area contributed by atoms with E-state index >= 15 is 0 Å². The third-order valence-electron chi connectivity index (χ3n) is 2.50. The Morgan fingerprint density at radius 1 is 1.40 bits per heavy atom. The Bertz CT molecular complexity index is 336. The van der Waals surface area contributed by atoms with Crippen molar-refractivity contribution in [2.75, 3.05) is 13.1 Å². The summed E-state index contributed by atoms with van der Waals surface area (Å²) in [5.74, 6) is -0.304. The van der Waals surface area contributed by atoms with Gasteiger partial charge in [0.2, 0.25) is 0 Å². The van der Waals surface area contributed by atoms with Gasteiger partial charge in [-0.2, -0.15) is 0 Å². The van der Waals surface area contributed by atoms with Crippen LogP contribution in [0.25, 0.3) is 0 Å². The highest BCUT2D eigenvalue weighted by atomic mass is 35.5. The third-order valence-corrected chi connectivity index (χ3v) is 2.79. The van der Waals surface area contributed by atoms with Crippen LogP contribution in [0.5, 0.6) is 0 Å². The van der Waals surface area contributed by atoms with Crippen LogP contribution in [0.2, 0.25) is 5.02 Å². The van der Waals surface area contributed by atoms with Crippen LogP contribution in [-0.4, -0.2) is 13.1 Å². The first-order valence-corrected chi connectivity index (χ1v) is 5.52. The monoisotopic (exact) mass is 229 g/mol. The Morgan fingerprint density at radius 2 is 2.07 bits per heavy atom. The first-order chi connectivity index (χ1) is 6.99. The largest absolute Gasteiger partial charge is 0.316 e. The number of hydrogen-bond acceptors (Lipinski definition) is 1. The lowest BCUT2D eigenvalue weighted by Crippen LogP contribution is -2.33. The Kier molecular flexibility index (Phi) is 4.12. The minimum atomic E-state index is -0.304. The molecular weight excluding hydrogens is 213 g/mol. The molecule has 84 valence electrons. The van der Waals surface area contributed by atoms with E-state index in [-0.39, 0.29) is 16.3 Å². The van der Waals surface area contributed by atoms with E-state index in [4.69, 9.17) is 11.6 Å². The maximum Gasteiger partial charge on any atom is 0.145 e. The van der Waals surface area contributed by atoms with Gasteiger partial charge in [-0.05, 0) is 18.2 Å². The number of benzene rings is 1. The Hall–Kier alpha value is -0.600. The van der Waals surface area contributed by atoms with E-state index in [2.05, 4.69) is 5.32 Å². The van der Waals surface area contributed by atoms with Gasteiger partial charge in [-0.3, -0.25) is 0 Å². The van der Waals surface area contributed by atoms with Crippen molar-refractivity contribution in [1.82, 2.24) is 5.32 Å². The summed E-state index contributed by atoms with van der Waals surface area (Å²) < 4.78 is 13.8. The molecule has 0 aliphatic rings. The zero-order valence-electron chi connectivity index (χ0n) is 9.40. The first kappa shape index (κ1) is 12.5. The van der Waals surface area contributed by atoms with Crippen LogP contribution in [0.4, 0.5) is 4.39 Å². The average molecular weight is 230 g/mol. The van der Waals surface area contributed by atoms with Gasteiger partial charge in [0.15, 0.2) is 0 Å². The predicted octanol–water partition coefficient (Wildman–Crippen LogP) is 3.37. The average Bonchev–Trinajstić information content (AvgIpc) is 2.19. The van der Waals surface area contributed by atoms with Crippen molar-refractivity contribution in [3.63, 3.8) is 0 Å². The molecule has 0 aromatic heterocycles. The van der Waals surface area contributed by atoms with Gasteiger partial charge in [-0.15, -0.1) is 0 Å². The third kappa shape index (κ3) is 2.93.